The standard InChI is InChI=1S/C23H19N5O3S2/c1-3-15(21-27-24-14-30-21)11-16(4-1)31-22-20-17(18-5-2-10-32-18)13-33-23(20)26-19(25-22)12-28-6-8-29-9-7-28/h1-5,10-11,13-14H,6-9,12H2. The first-order chi connectivity index (χ1) is 16.3. The molecule has 1 aliphatic rings. The summed E-state index contributed by atoms with van der Waals surface area (Å²) in [4.78, 5) is 14.1. The van der Waals surface area contributed by atoms with Crippen molar-refractivity contribution in [3.63, 3.8) is 0 Å². The van der Waals surface area contributed by atoms with Crippen molar-refractivity contribution in [1.82, 2.24) is 25.1 Å². The summed E-state index contributed by atoms with van der Waals surface area (Å²) in [6.07, 6.45) is 1.31. The molecule has 4 aromatic heterocycles. The Labute approximate surface area is 197 Å². The highest BCUT2D eigenvalue weighted by atomic mass is 32.1. The van der Waals surface area contributed by atoms with Gasteiger partial charge in [-0.3, -0.25) is 4.90 Å². The van der Waals surface area contributed by atoms with Crippen LogP contribution in [0.4, 0.5) is 0 Å². The van der Waals surface area contributed by atoms with Gasteiger partial charge in [0.15, 0.2) is 0 Å². The normalized spacial score (nSPS) is 14.7. The molecule has 0 spiro atoms. The fraction of sp³-hybridized carbons (Fsp3) is 0.217. The van der Waals surface area contributed by atoms with Crippen LogP contribution >= 0.6 is 22.7 Å². The van der Waals surface area contributed by atoms with Crippen molar-refractivity contribution in [3.8, 4) is 33.5 Å². The Morgan fingerprint density at radius 2 is 2.00 bits per heavy atom. The second-order valence-corrected chi connectivity index (χ2v) is 9.32. The van der Waals surface area contributed by atoms with Crippen molar-refractivity contribution < 1.29 is 13.9 Å². The Bertz CT molecular complexity index is 1360. The molecule has 1 fully saturated rings. The van der Waals surface area contributed by atoms with Gasteiger partial charge < -0.3 is 13.9 Å². The largest absolute Gasteiger partial charge is 0.438 e. The Morgan fingerprint density at radius 1 is 1.06 bits per heavy atom. The molecule has 6 rings (SSSR count). The van der Waals surface area contributed by atoms with Gasteiger partial charge in [-0.05, 0) is 29.6 Å². The highest BCUT2D eigenvalue weighted by molar-refractivity contribution is 7.18. The first kappa shape index (κ1) is 20.4. The predicted molar refractivity (Wildman–Crippen MR) is 127 cm³/mol. The van der Waals surface area contributed by atoms with Gasteiger partial charge >= 0.3 is 0 Å². The number of ether oxygens (including phenoxy) is 2. The number of hydrogen-bond acceptors (Lipinski definition) is 10. The molecule has 0 N–H and O–H groups in total. The van der Waals surface area contributed by atoms with Gasteiger partial charge in [0, 0.05) is 34.5 Å². The Kier molecular flexibility index (Phi) is 5.56. The van der Waals surface area contributed by atoms with Crippen LogP contribution in [0.3, 0.4) is 0 Å². The minimum atomic E-state index is 0.441. The molecule has 0 aliphatic carbocycles. The highest BCUT2D eigenvalue weighted by Gasteiger charge is 2.20. The molecule has 0 amide bonds. The van der Waals surface area contributed by atoms with Crippen LogP contribution in [0, 0.1) is 0 Å². The zero-order valence-corrected chi connectivity index (χ0v) is 19.1. The third kappa shape index (κ3) is 4.25. The van der Waals surface area contributed by atoms with E-state index in [-0.39, 0.29) is 0 Å². The summed E-state index contributed by atoms with van der Waals surface area (Å²) in [5.41, 5.74) is 1.87. The fourth-order valence-corrected chi connectivity index (χ4v) is 5.54. The molecule has 33 heavy (non-hydrogen) atoms. The van der Waals surface area contributed by atoms with Crippen LogP contribution < -0.4 is 4.74 Å². The van der Waals surface area contributed by atoms with Crippen LogP contribution in [0.2, 0.25) is 0 Å². The molecule has 10 heteroatoms. The van der Waals surface area contributed by atoms with E-state index < -0.39 is 0 Å². The molecular formula is C23H19N5O3S2. The van der Waals surface area contributed by atoms with Gasteiger partial charge in [0.05, 0.1) is 25.1 Å². The summed E-state index contributed by atoms with van der Waals surface area (Å²) in [6, 6.07) is 11.7. The maximum absolute atomic E-state index is 6.38. The maximum atomic E-state index is 6.38. The Morgan fingerprint density at radius 3 is 2.82 bits per heavy atom. The minimum Gasteiger partial charge on any atom is -0.438 e. The Hall–Kier alpha value is -3.18. The van der Waals surface area contributed by atoms with Crippen LogP contribution in [0.15, 0.2) is 58.0 Å². The third-order valence-corrected chi connectivity index (χ3v) is 7.13. The summed E-state index contributed by atoms with van der Waals surface area (Å²) in [7, 11) is 0. The first-order valence-corrected chi connectivity index (χ1v) is 12.3. The van der Waals surface area contributed by atoms with Crippen molar-refractivity contribution in [2.75, 3.05) is 26.3 Å². The van der Waals surface area contributed by atoms with E-state index >= 15 is 0 Å². The van der Waals surface area contributed by atoms with E-state index in [1.807, 2.05) is 30.3 Å². The van der Waals surface area contributed by atoms with Gasteiger partial charge in [-0.2, -0.15) is 4.98 Å². The Balaban J connectivity index is 1.41. The molecule has 5 aromatic rings. The molecule has 0 bridgehead atoms. The van der Waals surface area contributed by atoms with Crippen LogP contribution in [-0.4, -0.2) is 51.4 Å². The third-order valence-electron chi connectivity index (χ3n) is 5.36. The van der Waals surface area contributed by atoms with E-state index in [0.717, 1.165) is 58.3 Å². The molecular weight excluding hydrogens is 458 g/mol. The van der Waals surface area contributed by atoms with Crippen molar-refractivity contribution in [2.24, 2.45) is 0 Å². The molecule has 0 atom stereocenters. The topological polar surface area (TPSA) is 86.4 Å². The number of morpholine rings is 1. The molecule has 1 saturated heterocycles. The number of hydrogen-bond donors (Lipinski definition) is 0. The summed E-state index contributed by atoms with van der Waals surface area (Å²) >= 11 is 3.30. The number of fused-ring (bicyclic) bond motifs is 1. The van der Waals surface area contributed by atoms with Gasteiger partial charge in [-0.15, -0.1) is 32.9 Å². The van der Waals surface area contributed by atoms with Gasteiger partial charge in [0.25, 0.3) is 0 Å². The molecule has 166 valence electrons. The van der Waals surface area contributed by atoms with Crippen molar-refractivity contribution >= 4 is 32.9 Å². The summed E-state index contributed by atoms with van der Waals surface area (Å²) in [6.45, 7) is 3.86. The second kappa shape index (κ2) is 8.99. The molecule has 1 aliphatic heterocycles. The molecule has 0 unspecified atom stereocenters. The second-order valence-electron chi connectivity index (χ2n) is 7.51. The van der Waals surface area contributed by atoms with Crippen molar-refractivity contribution in [1.29, 1.82) is 0 Å². The number of rotatable bonds is 6. The lowest BCUT2D eigenvalue weighted by molar-refractivity contribution is 0.0330. The zero-order valence-electron chi connectivity index (χ0n) is 17.5. The van der Waals surface area contributed by atoms with Crippen molar-refractivity contribution in [2.45, 2.75) is 6.54 Å². The quantitative estimate of drug-likeness (QED) is 0.334. The van der Waals surface area contributed by atoms with E-state index in [4.69, 9.17) is 23.9 Å². The fourth-order valence-electron chi connectivity index (χ4n) is 3.77. The monoisotopic (exact) mass is 477 g/mol. The van der Waals surface area contributed by atoms with Gasteiger partial charge in [0.1, 0.15) is 16.4 Å². The predicted octanol–water partition coefficient (Wildman–Crippen LogP) is 5.09. The van der Waals surface area contributed by atoms with E-state index in [9.17, 15) is 0 Å². The molecule has 0 radical (unpaired) electrons. The summed E-state index contributed by atoms with van der Waals surface area (Å²) < 4.78 is 17.2. The van der Waals surface area contributed by atoms with E-state index in [0.29, 0.717) is 24.1 Å². The van der Waals surface area contributed by atoms with Crippen LogP contribution in [0.1, 0.15) is 5.82 Å². The molecule has 0 saturated carbocycles. The minimum absolute atomic E-state index is 0.441. The van der Waals surface area contributed by atoms with Gasteiger partial charge in [0.2, 0.25) is 18.2 Å². The van der Waals surface area contributed by atoms with Crippen molar-refractivity contribution in [3.05, 3.63) is 59.4 Å². The number of thiophene rings is 2. The van der Waals surface area contributed by atoms with E-state index in [1.54, 1.807) is 22.7 Å². The lowest BCUT2D eigenvalue weighted by Gasteiger charge is -2.25. The molecule has 8 nitrogen and oxygen atoms in total. The maximum Gasteiger partial charge on any atom is 0.247 e. The number of aromatic nitrogens is 4. The average Bonchev–Trinajstić information content (AvgIpc) is 3.61. The lowest BCUT2D eigenvalue weighted by atomic mass is 10.2. The zero-order chi connectivity index (χ0) is 22.0. The smallest absolute Gasteiger partial charge is 0.247 e. The van der Waals surface area contributed by atoms with Gasteiger partial charge in [-0.25, -0.2) is 4.98 Å². The van der Waals surface area contributed by atoms with Crippen LogP contribution in [-0.2, 0) is 11.3 Å². The SMILES string of the molecule is c1cc(Oc2nc(CN3CCOCC3)nc3scc(-c4cccs4)c23)cc(-c2nnco2)c1. The van der Waals surface area contributed by atoms with Gasteiger partial charge in [-0.1, -0.05) is 12.1 Å². The number of nitrogens with zero attached hydrogens (tertiary/aromatic N) is 5. The van der Waals surface area contributed by atoms with E-state index in [1.165, 1.54) is 6.39 Å². The van der Waals surface area contributed by atoms with Crippen LogP contribution in [0.5, 0.6) is 11.6 Å². The van der Waals surface area contributed by atoms with Crippen LogP contribution in [0.25, 0.3) is 32.1 Å². The average molecular weight is 478 g/mol. The van der Waals surface area contributed by atoms with E-state index in [2.05, 4.69) is 31.9 Å². The highest BCUT2D eigenvalue weighted by Crippen LogP contribution is 2.41. The number of benzene rings is 1. The molecule has 5 heterocycles. The first-order valence-electron chi connectivity index (χ1n) is 10.5. The summed E-state index contributed by atoms with van der Waals surface area (Å²) in [5.74, 6) is 2.38. The summed E-state index contributed by atoms with van der Waals surface area (Å²) in [5, 5.41) is 12.9. The molecule has 1 aromatic carbocycles. The lowest BCUT2D eigenvalue weighted by Crippen LogP contribution is -2.36.